The minimum Gasteiger partial charge on any atom is -0.380 e. The van der Waals surface area contributed by atoms with Gasteiger partial charge in [0.05, 0.1) is 6.33 Å². The van der Waals surface area contributed by atoms with Crippen molar-refractivity contribution in [2.75, 3.05) is 18.4 Å². The number of hydrogen-bond acceptors (Lipinski definition) is 4. The fraction of sp³-hybridized carbons (Fsp3) is 0.250. The van der Waals surface area contributed by atoms with Crippen LogP contribution in [0.15, 0.2) is 66.1 Å². The number of rotatable bonds is 5. The number of sulfonamides is 1. The molecule has 0 aliphatic carbocycles. The van der Waals surface area contributed by atoms with Crippen LogP contribution in [0, 0.1) is 11.6 Å². The Balaban J connectivity index is 1.65. The van der Waals surface area contributed by atoms with Gasteiger partial charge in [0, 0.05) is 44.0 Å². The van der Waals surface area contributed by atoms with E-state index in [1.807, 2.05) is 0 Å². The van der Waals surface area contributed by atoms with E-state index < -0.39 is 10.0 Å². The largest absolute Gasteiger partial charge is 0.380 e. The summed E-state index contributed by atoms with van der Waals surface area (Å²) in [4.78, 5) is 3.98. The highest BCUT2D eigenvalue weighted by molar-refractivity contribution is 7.89. The van der Waals surface area contributed by atoms with Gasteiger partial charge < -0.3 is 9.88 Å². The fourth-order valence-corrected chi connectivity index (χ4v) is 5.03. The molecule has 2 atom stereocenters. The van der Waals surface area contributed by atoms with Gasteiger partial charge >= 0.3 is 0 Å². The molecule has 3 aromatic rings. The molecule has 4 rings (SSSR count). The summed E-state index contributed by atoms with van der Waals surface area (Å²) >= 11 is 0. The van der Waals surface area contributed by atoms with E-state index >= 15 is 0 Å². The molecule has 1 aliphatic heterocycles. The molecule has 1 N–H and O–H groups in total. The molecule has 0 spiro atoms. The highest BCUT2D eigenvalue weighted by Crippen LogP contribution is 2.33. The van der Waals surface area contributed by atoms with Crippen LogP contribution in [0.1, 0.15) is 11.5 Å². The SMILES string of the molecule is Cn1cnc(S(=O)(=O)N2C[C@H](Nc3ccc(F)cc3)[C@@H](c3ccc(F)cc3)C2)c1. The van der Waals surface area contributed by atoms with Gasteiger partial charge in [-0.25, -0.2) is 22.2 Å². The molecule has 1 aliphatic rings. The van der Waals surface area contributed by atoms with Crippen LogP contribution in [-0.4, -0.2) is 41.4 Å². The molecule has 0 unspecified atom stereocenters. The molecule has 1 saturated heterocycles. The summed E-state index contributed by atoms with van der Waals surface area (Å²) in [5.74, 6) is -0.914. The van der Waals surface area contributed by atoms with Crippen molar-refractivity contribution in [2.24, 2.45) is 7.05 Å². The summed E-state index contributed by atoms with van der Waals surface area (Å²) in [7, 11) is -2.07. The van der Waals surface area contributed by atoms with Gasteiger partial charge in [-0.1, -0.05) is 12.1 Å². The van der Waals surface area contributed by atoms with Gasteiger partial charge in [-0.3, -0.25) is 0 Å². The van der Waals surface area contributed by atoms with Crippen LogP contribution >= 0.6 is 0 Å². The van der Waals surface area contributed by atoms with E-state index in [1.165, 1.54) is 41.1 Å². The smallest absolute Gasteiger partial charge is 0.262 e. The van der Waals surface area contributed by atoms with E-state index in [9.17, 15) is 17.2 Å². The zero-order valence-corrected chi connectivity index (χ0v) is 16.5. The van der Waals surface area contributed by atoms with E-state index in [0.717, 1.165) is 5.56 Å². The number of nitrogens with one attached hydrogen (secondary N) is 1. The molecule has 2 heterocycles. The molecule has 2 aromatic carbocycles. The highest BCUT2D eigenvalue weighted by atomic mass is 32.2. The Kier molecular flexibility index (Phi) is 5.10. The van der Waals surface area contributed by atoms with E-state index in [2.05, 4.69) is 10.3 Å². The van der Waals surface area contributed by atoms with E-state index in [4.69, 9.17) is 0 Å². The zero-order chi connectivity index (χ0) is 20.6. The second-order valence-corrected chi connectivity index (χ2v) is 9.00. The minimum absolute atomic E-state index is 0.0136. The van der Waals surface area contributed by atoms with Crippen LogP contribution in [0.2, 0.25) is 0 Å². The van der Waals surface area contributed by atoms with E-state index in [-0.39, 0.29) is 41.7 Å². The Morgan fingerprint density at radius 1 is 1.00 bits per heavy atom. The lowest BCUT2D eigenvalue weighted by Gasteiger charge is -2.21. The molecular formula is C20H20F2N4O2S. The number of imidazole rings is 1. The summed E-state index contributed by atoms with van der Waals surface area (Å²) in [6, 6.07) is 11.7. The third-order valence-electron chi connectivity index (χ3n) is 5.07. The molecule has 152 valence electrons. The number of aromatic nitrogens is 2. The van der Waals surface area contributed by atoms with Crippen molar-refractivity contribution < 1.29 is 17.2 Å². The van der Waals surface area contributed by atoms with Gasteiger partial charge in [0.2, 0.25) is 0 Å². The zero-order valence-electron chi connectivity index (χ0n) is 15.7. The topological polar surface area (TPSA) is 67.2 Å². The quantitative estimate of drug-likeness (QED) is 0.692. The van der Waals surface area contributed by atoms with Crippen molar-refractivity contribution in [1.29, 1.82) is 0 Å². The molecule has 1 fully saturated rings. The predicted octanol–water partition coefficient (Wildman–Crippen LogP) is 2.97. The van der Waals surface area contributed by atoms with Crippen molar-refractivity contribution in [3.8, 4) is 0 Å². The molecule has 0 bridgehead atoms. The predicted molar refractivity (Wildman–Crippen MR) is 105 cm³/mol. The van der Waals surface area contributed by atoms with Crippen molar-refractivity contribution in [3.63, 3.8) is 0 Å². The number of anilines is 1. The first kappa shape index (κ1) is 19.5. The van der Waals surface area contributed by atoms with Crippen LogP contribution in [0.5, 0.6) is 0 Å². The maximum absolute atomic E-state index is 13.4. The maximum atomic E-state index is 13.4. The second kappa shape index (κ2) is 7.57. The van der Waals surface area contributed by atoms with E-state index in [1.54, 1.807) is 35.9 Å². The monoisotopic (exact) mass is 418 g/mol. The van der Waals surface area contributed by atoms with Crippen molar-refractivity contribution in [1.82, 2.24) is 13.9 Å². The Morgan fingerprint density at radius 3 is 2.21 bits per heavy atom. The van der Waals surface area contributed by atoms with Crippen LogP contribution in [0.25, 0.3) is 0 Å². The molecule has 1 aromatic heterocycles. The van der Waals surface area contributed by atoms with Gasteiger partial charge in [-0.2, -0.15) is 4.31 Å². The Labute approximate surface area is 167 Å². The molecule has 0 amide bonds. The maximum Gasteiger partial charge on any atom is 0.262 e. The third-order valence-corrected chi connectivity index (χ3v) is 6.78. The first-order valence-electron chi connectivity index (χ1n) is 9.08. The number of nitrogens with zero attached hydrogens (tertiary/aromatic N) is 3. The van der Waals surface area contributed by atoms with Crippen molar-refractivity contribution >= 4 is 15.7 Å². The van der Waals surface area contributed by atoms with Crippen LogP contribution in [-0.2, 0) is 17.1 Å². The van der Waals surface area contributed by atoms with Gasteiger partial charge in [-0.05, 0) is 42.0 Å². The average Bonchev–Trinajstić information content (AvgIpc) is 3.32. The van der Waals surface area contributed by atoms with Gasteiger partial charge in [-0.15, -0.1) is 0 Å². The Hall–Kier alpha value is -2.78. The van der Waals surface area contributed by atoms with Crippen molar-refractivity contribution in [2.45, 2.75) is 17.0 Å². The average molecular weight is 418 g/mol. The normalized spacial score (nSPS) is 20.1. The standard InChI is InChI=1S/C20H20F2N4O2S/c1-25-12-20(23-13-25)29(27,28)26-10-18(14-2-4-15(21)5-3-14)19(11-26)24-17-8-6-16(22)7-9-17/h2-9,12-13,18-19,24H,10-11H2,1H3/t18-,19+/m1/s1. The summed E-state index contributed by atoms with van der Waals surface area (Å²) in [5.41, 5.74) is 1.50. The third kappa shape index (κ3) is 4.01. The van der Waals surface area contributed by atoms with E-state index in [0.29, 0.717) is 5.69 Å². The molecule has 29 heavy (non-hydrogen) atoms. The number of benzene rings is 2. The lowest BCUT2D eigenvalue weighted by Crippen LogP contribution is -2.32. The van der Waals surface area contributed by atoms with Crippen molar-refractivity contribution in [3.05, 3.63) is 78.3 Å². The molecule has 0 saturated carbocycles. The molecular weight excluding hydrogens is 398 g/mol. The molecule has 6 nitrogen and oxygen atoms in total. The van der Waals surface area contributed by atoms with Crippen LogP contribution in [0.4, 0.5) is 14.5 Å². The highest BCUT2D eigenvalue weighted by Gasteiger charge is 2.41. The first-order chi connectivity index (χ1) is 13.8. The number of hydrogen-bond donors (Lipinski definition) is 1. The summed E-state index contributed by atoms with van der Waals surface area (Å²) in [5, 5.41) is 3.28. The first-order valence-corrected chi connectivity index (χ1v) is 10.5. The molecule has 9 heteroatoms. The number of halogens is 2. The minimum atomic E-state index is -3.77. The van der Waals surface area contributed by atoms with Crippen LogP contribution in [0.3, 0.4) is 0 Å². The summed E-state index contributed by atoms with van der Waals surface area (Å²) in [6.07, 6.45) is 2.90. The number of aryl methyl sites for hydroxylation is 1. The second-order valence-electron chi connectivity index (χ2n) is 7.12. The Morgan fingerprint density at radius 2 is 1.62 bits per heavy atom. The Bertz CT molecular complexity index is 1100. The summed E-state index contributed by atoms with van der Waals surface area (Å²) < 4.78 is 55.6. The lowest BCUT2D eigenvalue weighted by molar-refractivity contribution is 0.468. The van der Waals surface area contributed by atoms with Gasteiger partial charge in [0.1, 0.15) is 11.6 Å². The molecule has 0 radical (unpaired) electrons. The fourth-order valence-electron chi connectivity index (χ4n) is 3.57. The van der Waals surface area contributed by atoms with Crippen LogP contribution < -0.4 is 5.32 Å². The van der Waals surface area contributed by atoms with Gasteiger partial charge in [0.15, 0.2) is 5.03 Å². The van der Waals surface area contributed by atoms with Gasteiger partial charge in [0.25, 0.3) is 10.0 Å². The summed E-state index contributed by atoms with van der Waals surface area (Å²) in [6.45, 7) is 0.432. The lowest BCUT2D eigenvalue weighted by atomic mass is 9.94.